The Balaban J connectivity index is 1.46. The van der Waals surface area contributed by atoms with Gasteiger partial charge in [0.2, 0.25) is 11.9 Å². The van der Waals surface area contributed by atoms with Crippen molar-refractivity contribution in [2.75, 3.05) is 18.4 Å². The molecule has 4 heterocycles. The fraction of sp³-hybridized carbons (Fsp3) is 0.500. The number of aliphatic hydroxyl groups is 1. The van der Waals surface area contributed by atoms with Crippen LogP contribution >= 0.6 is 11.8 Å². The second-order valence-electron chi connectivity index (χ2n) is 7.28. The molecular weight excluding hydrogens is 396 g/mol. The first-order valence-electron chi connectivity index (χ1n) is 9.36. The molecule has 29 heavy (non-hydrogen) atoms. The lowest BCUT2D eigenvalue weighted by Crippen LogP contribution is -2.63. The summed E-state index contributed by atoms with van der Waals surface area (Å²) in [6, 6.07) is 1.42. The number of β-lactam (4-membered cyclic amide) rings is 1. The Hall–Kier alpha value is -2.66. The monoisotopic (exact) mass is 418 g/mol. The third kappa shape index (κ3) is 3.44. The van der Waals surface area contributed by atoms with Gasteiger partial charge < -0.3 is 20.4 Å². The highest BCUT2D eigenvalue weighted by atomic mass is 32.2. The van der Waals surface area contributed by atoms with Crippen LogP contribution in [0.5, 0.6) is 0 Å². The van der Waals surface area contributed by atoms with E-state index < -0.39 is 18.0 Å². The number of nitrogens with one attached hydrogen (secondary N) is 2. The number of anilines is 1. The van der Waals surface area contributed by atoms with Gasteiger partial charge in [-0.3, -0.25) is 15.1 Å². The molecule has 5 atom stereocenters. The van der Waals surface area contributed by atoms with Crippen molar-refractivity contribution < 1.29 is 19.8 Å². The predicted octanol–water partition coefficient (Wildman–Crippen LogP) is 0.103. The number of carboxylic acid groups (broad SMARTS) is 1. The molecule has 3 aliphatic rings. The number of aliphatic carboxylic acids is 1. The van der Waals surface area contributed by atoms with E-state index in [4.69, 9.17) is 0 Å². The molecular formula is C18H22N6O4S. The molecule has 1 aromatic rings. The van der Waals surface area contributed by atoms with Gasteiger partial charge in [-0.2, -0.15) is 0 Å². The van der Waals surface area contributed by atoms with Gasteiger partial charge in [-0.25, -0.2) is 14.8 Å². The largest absolute Gasteiger partial charge is 0.477 e. The molecule has 154 valence electrons. The number of carboxylic acids is 1. The number of fused-ring (bicyclic) bond motifs is 1. The van der Waals surface area contributed by atoms with E-state index >= 15 is 0 Å². The Bertz CT molecular complexity index is 890. The summed E-state index contributed by atoms with van der Waals surface area (Å²) in [5, 5.41) is 25.8. The highest BCUT2D eigenvalue weighted by Gasteiger charge is 2.60. The van der Waals surface area contributed by atoms with E-state index in [9.17, 15) is 19.8 Å². The molecule has 1 fully saturated rings. The molecule has 1 aromatic heterocycles. The molecule has 3 unspecified atom stereocenters. The normalized spacial score (nSPS) is 29.6. The average Bonchev–Trinajstić information content (AvgIpc) is 2.93. The second kappa shape index (κ2) is 7.64. The number of hydrogen-bond donors (Lipinski definition) is 4. The Labute approximate surface area is 171 Å². The lowest BCUT2D eigenvalue weighted by Gasteiger charge is -2.46. The van der Waals surface area contributed by atoms with Gasteiger partial charge in [0.1, 0.15) is 5.70 Å². The van der Waals surface area contributed by atoms with E-state index in [-0.39, 0.29) is 28.8 Å². The number of carbonyl (C=O) groups excluding carboxylic acids is 1. The zero-order valence-corrected chi connectivity index (χ0v) is 16.8. The summed E-state index contributed by atoms with van der Waals surface area (Å²) < 4.78 is 0. The van der Waals surface area contributed by atoms with Crippen LogP contribution in [0.4, 0.5) is 5.95 Å². The number of aliphatic imine (C=N–C) groups is 1. The molecule has 3 aliphatic heterocycles. The smallest absolute Gasteiger partial charge is 0.353 e. The van der Waals surface area contributed by atoms with Crippen LogP contribution in [-0.4, -0.2) is 73.4 Å². The zero-order valence-electron chi connectivity index (χ0n) is 15.9. The van der Waals surface area contributed by atoms with Crippen LogP contribution in [-0.2, 0) is 9.59 Å². The van der Waals surface area contributed by atoms with Crippen molar-refractivity contribution in [3.8, 4) is 0 Å². The van der Waals surface area contributed by atoms with Crippen LogP contribution < -0.4 is 10.6 Å². The quantitative estimate of drug-likeness (QED) is 0.490. The number of carbonyl (C=O) groups is 2. The molecule has 0 bridgehead atoms. The topological polar surface area (TPSA) is 140 Å². The third-order valence-corrected chi connectivity index (χ3v) is 6.82. The molecule has 4 N–H and O–H groups in total. The molecule has 4 rings (SSSR count). The van der Waals surface area contributed by atoms with Gasteiger partial charge in [0.25, 0.3) is 0 Å². The lowest BCUT2D eigenvalue weighted by atomic mass is 9.79. The standard InChI is InChI=1S/C18H22N6O4S/c1-8-12-11(9(2)25)15(26)24(12)13(16(27)28)14(8)29-10-6-21-18(22-7-10)23-17-19-4-3-5-20-17/h3-5,8-12,25H,6-7H2,1-2H3,(H,27,28)(H2,19,20,21,22,23)/t8?,9-,11-,12?/m1/s1. The molecule has 11 heteroatoms. The van der Waals surface area contributed by atoms with Gasteiger partial charge in [-0.1, -0.05) is 6.92 Å². The molecule has 1 amide bonds. The van der Waals surface area contributed by atoms with Gasteiger partial charge in [-0.05, 0) is 13.0 Å². The second-order valence-corrected chi connectivity index (χ2v) is 8.62. The molecule has 0 aromatic carbocycles. The zero-order chi connectivity index (χ0) is 20.7. The van der Waals surface area contributed by atoms with Crippen molar-refractivity contribution in [1.29, 1.82) is 0 Å². The van der Waals surface area contributed by atoms with E-state index in [0.29, 0.717) is 29.9 Å². The number of aliphatic hydroxyl groups excluding tert-OH is 1. The van der Waals surface area contributed by atoms with E-state index in [1.807, 2.05) is 6.92 Å². The molecule has 1 saturated heterocycles. The van der Waals surface area contributed by atoms with Gasteiger partial charge in [0.05, 0.1) is 24.6 Å². The maximum atomic E-state index is 12.4. The van der Waals surface area contributed by atoms with Crippen LogP contribution in [0.1, 0.15) is 13.8 Å². The summed E-state index contributed by atoms with van der Waals surface area (Å²) in [7, 11) is 0. The van der Waals surface area contributed by atoms with E-state index in [1.54, 1.807) is 25.4 Å². The summed E-state index contributed by atoms with van der Waals surface area (Å²) >= 11 is 1.44. The highest BCUT2D eigenvalue weighted by Crippen LogP contribution is 2.51. The van der Waals surface area contributed by atoms with Gasteiger partial charge in [0, 0.05) is 35.0 Å². The minimum atomic E-state index is -1.12. The molecule has 0 spiro atoms. The Morgan fingerprint density at radius 2 is 2.14 bits per heavy atom. The van der Waals surface area contributed by atoms with Gasteiger partial charge in [0.15, 0.2) is 5.96 Å². The maximum absolute atomic E-state index is 12.4. The highest BCUT2D eigenvalue weighted by molar-refractivity contribution is 8.03. The first-order valence-corrected chi connectivity index (χ1v) is 10.2. The van der Waals surface area contributed by atoms with E-state index in [0.717, 1.165) is 0 Å². The minimum absolute atomic E-state index is 0.0165. The number of nitrogens with zero attached hydrogens (tertiary/aromatic N) is 4. The number of amides is 1. The summed E-state index contributed by atoms with van der Waals surface area (Å²) in [5.74, 6) is -1.13. The van der Waals surface area contributed by atoms with E-state index in [1.165, 1.54) is 16.7 Å². The maximum Gasteiger partial charge on any atom is 0.353 e. The SMILES string of the molecule is CC1C(SC2CN=C(Nc3ncccn3)NC2)=C(C(=O)O)N2C(=O)[C@H]([C@@H](C)O)C12. The van der Waals surface area contributed by atoms with Crippen LogP contribution in [0.15, 0.2) is 34.1 Å². The van der Waals surface area contributed by atoms with Crippen LogP contribution in [0, 0.1) is 11.8 Å². The first-order chi connectivity index (χ1) is 13.9. The summed E-state index contributed by atoms with van der Waals surface area (Å²) in [5.41, 5.74) is 0.0417. The van der Waals surface area contributed by atoms with Crippen LogP contribution in [0.25, 0.3) is 0 Å². The number of rotatable bonds is 5. The molecule has 0 aliphatic carbocycles. The molecule has 0 saturated carbocycles. The fourth-order valence-electron chi connectivity index (χ4n) is 4.01. The Morgan fingerprint density at radius 3 is 2.72 bits per heavy atom. The van der Waals surface area contributed by atoms with Gasteiger partial charge >= 0.3 is 5.97 Å². The van der Waals surface area contributed by atoms with Crippen molar-refractivity contribution in [1.82, 2.24) is 20.2 Å². The number of aromatic nitrogens is 2. The third-order valence-electron chi connectivity index (χ3n) is 5.35. The van der Waals surface area contributed by atoms with Crippen LogP contribution in [0.3, 0.4) is 0 Å². The number of thioether (sulfide) groups is 1. The van der Waals surface area contributed by atoms with Crippen molar-refractivity contribution in [3.63, 3.8) is 0 Å². The minimum Gasteiger partial charge on any atom is -0.477 e. The first kappa shape index (κ1) is 19.6. The molecule has 0 radical (unpaired) electrons. The fourth-order valence-corrected chi connectivity index (χ4v) is 5.34. The Morgan fingerprint density at radius 1 is 1.41 bits per heavy atom. The van der Waals surface area contributed by atoms with Crippen molar-refractivity contribution in [2.45, 2.75) is 31.2 Å². The summed E-state index contributed by atoms with van der Waals surface area (Å²) in [6.45, 7) is 4.54. The van der Waals surface area contributed by atoms with Crippen molar-refractivity contribution in [2.24, 2.45) is 16.8 Å². The Kier molecular flexibility index (Phi) is 5.17. The van der Waals surface area contributed by atoms with E-state index in [2.05, 4.69) is 25.6 Å². The number of hydrogen-bond acceptors (Lipinski definition) is 9. The predicted molar refractivity (Wildman–Crippen MR) is 107 cm³/mol. The van der Waals surface area contributed by atoms with Crippen LogP contribution in [0.2, 0.25) is 0 Å². The lowest BCUT2D eigenvalue weighted by molar-refractivity contribution is -0.163. The average molecular weight is 418 g/mol. The van der Waals surface area contributed by atoms with Crippen molar-refractivity contribution >= 4 is 35.5 Å². The number of guanidine groups is 1. The summed E-state index contributed by atoms with van der Waals surface area (Å²) in [6.07, 6.45) is 2.45. The molecule has 10 nitrogen and oxygen atoms in total. The van der Waals surface area contributed by atoms with Crippen molar-refractivity contribution in [3.05, 3.63) is 29.1 Å². The summed E-state index contributed by atoms with van der Waals surface area (Å²) in [4.78, 5) is 38.9. The van der Waals surface area contributed by atoms with Gasteiger partial charge in [-0.15, -0.1) is 11.8 Å².